The highest BCUT2D eigenvalue weighted by Gasteiger charge is 2.26. The van der Waals surface area contributed by atoms with Gasteiger partial charge in [0, 0.05) is 15.7 Å². The minimum atomic E-state index is -0.0254. The Morgan fingerprint density at radius 3 is 1.94 bits per heavy atom. The maximum Gasteiger partial charge on any atom is 0.191 e. The van der Waals surface area contributed by atoms with Gasteiger partial charge in [-0.3, -0.25) is 10.9 Å². The van der Waals surface area contributed by atoms with E-state index in [1.165, 1.54) is 0 Å². The van der Waals surface area contributed by atoms with Crippen molar-refractivity contribution in [1.82, 2.24) is 16.3 Å². The first-order valence-electron chi connectivity index (χ1n) is 10.1. The van der Waals surface area contributed by atoms with Crippen molar-refractivity contribution in [2.45, 2.75) is 26.7 Å². The molecule has 6 nitrogen and oxygen atoms in total. The van der Waals surface area contributed by atoms with E-state index >= 15 is 0 Å². The lowest BCUT2D eigenvalue weighted by atomic mass is 9.78. The summed E-state index contributed by atoms with van der Waals surface area (Å²) >= 11 is 34.9. The molecule has 1 aliphatic rings. The topological polar surface area (TPSA) is 72.5 Å². The second-order valence-corrected chi connectivity index (χ2v) is 10.8. The fraction of sp³-hybridized carbons (Fsp3) is 0.227. The van der Waals surface area contributed by atoms with Crippen LogP contribution in [0.3, 0.4) is 0 Å². The fourth-order valence-corrected chi connectivity index (χ4v) is 4.50. The quantitative estimate of drug-likeness (QED) is 0.176. The molecule has 0 atom stereocenters. The van der Waals surface area contributed by atoms with Gasteiger partial charge in [-0.25, -0.2) is 0 Å². The van der Waals surface area contributed by atoms with Gasteiger partial charge in [-0.05, 0) is 85.2 Å². The number of thiocarbonyl (C=S) groups is 2. The number of nitrogens with one attached hydrogen (secondary N) is 5. The van der Waals surface area contributed by atoms with E-state index < -0.39 is 0 Å². The van der Waals surface area contributed by atoms with Crippen molar-refractivity contribution >= 4 is 111 Å². The number of hydrazine groups is 1. The Balaban J connectivity index is 0.00000432. The lowest BCUT2D eigenvalue weighted by Crippen LogP contribution is -2.42. The summed E-state index contributed by atoms with van der Waals surface area (Å²) in [5.41, 5.74) is 12.0. The fourth-order valence-electron chi connectivity index (χ4n) is 3.27. The summed E-state index contributed by atoms with van der Waals surface area (Å²) in [6.45, 7) is 4.32. The molecule has 0 aliphatic heterocycles. The van der Waals surface area contributed by atoms with Crippen LogP contribution in [0.2, 0.25) is 20.1 Å². The number of hydrogen-bond donors (Lipinski definition) is 5. The van der Waals surface area contributed by atoms with Crippen molar-refractivity contribution in [3.63, 3.8) is 0 Å². The summed E-state index contributed by atoms with van der Waals surface area (Å²) in [5, 5.41) is 13.2. The Hall–Kier alpha value is -1.52. The van der Waals surface area contributed by atoms with Gasteiger partial charge < -0.3 is 16.1 Å². The van der Waals surface area contributed by atoms with Gasteiger partial charge in [-0.2, -0.15) is 5.10 Å². The average Bonchev–Trinajstić information content (AvgIpc) is 2.74. The third-order valence-corrected chi connectivity index (χ3v) is 6.16. The number of hydrogen-bond acceptors (Lipinski definition) is 4. The van der Waals surface area contributed by atoms with Gasteiger partial charge >= 0.3 is 0 Å². The van der Waals surface area contributed by atoms with E-state index in [0.717, 1.165) is 24.3 Å². The molecule has 3 rings (SSSR count). The number of halogens is 5. The van der Waals surface area contributed by atoms with Crippen LogP contribution in [-0.4, -0.2) is 15.9 Å². The van der Waals surface area contributed by atoms with Crippen LogP contribution in [0.15, 0.2) is 53.3 Å². The van der Waals surface area contributed by atoms with Crippen molar-refractivity contribution < 1.29 is 0 Å². The van der Waals surface area contributed by atoms with Crippen molar-refractivity contribution in [3.8, 4) is 0 Å². The predicted octanol–water partition coefficient (Wildman–Crippen LogP) is 7.56. The smallest absolute Gasteiger partial charge is 0.191 e. The molecule has 0 saturated carbocycles. The Bertz CT molecular complexity index is 1170. The third kappa shape index (κ3) is 9.46. The van der Waals surface area contributed by atoms with Crippen LogP contribution >= 0.6 is 83.2 Å². The van der Waals surface area contributed by atoms with Crippen molar-refractivity contribution in [3.05, 3.63) is 68.3 Å². The highest BCUT2D eigenvalue weighted by Crippen LogP contribution is 2.33. The molecule has 0 saturated heterocycles. The van der Waals surface area contributed by atoms with E-state index in [-0.39, 0.29) is 17.8 Å². The summed E-state index contributed by atoms with van der Waals surface area (Å²) in [5.74, 6) is 0. The first-order chi connectivity index (χ1) is 16.0. The maximum absolute atomic E-state index is 6.19. The molecule has 5 N–H and O–H groups in total. The van der Waals surface area contributed by atoms with Gasteiger partial charge in [-0.1, -0.05) is 60.3 Å². The molecule has 0 amide bonds. The number of allylic oxidation sites excluding steroid dienone is 2. The molecule has 0 radical (unpaired) electrons. The molecule has 188 valence electrons. The zero-order chi connectivity index (χ0) is 24.9. The number of hydrazone groups is 1. The number of anilines is 2. The van der Waals surface area contributed by atoms with Crippen LogP contribution in [-0.2, 0) is 0 Å². The summed E-state index contributed by atoms with van der Waals surface area (Å²) in [6.07, 6.45) is 3.51. The normalized spacial score (nSPS) is 15.4. The SMILES string of the molecule is CC1(C)CC(NNC(=S)Nc2ccc(Cl)cc2Cl)=C/C(=N\NC(=S)Nc2ccc(Cl)cc2Cl)C1.Cl. The Kier molecular flexibility index (Phi) is 11.2. The molecule has 13 heteroatoms. The van der Waals surface area contributed by atoms with Gasteiger partial charge in [-0.15, -0.1) is 12.4 Å². The molecule has 0 heterocycles. The standard InChI is InChI=1S/C22H22Cl4N6S2.ClH/c1-22(2)10-14(29-31-20(33)27-18-5-3-12(23)7-16(18)25)9-15(11-22)30-32-21(34)28-19-6-4-13(24)8-17(19)26;/h3-9,29H,10-11H2,1-2H3,(H2,27,31,33)(H2,28,32,34);1H/b30-15+;. The van der Waals surface area contributed by atoms with Gasteiger partial charge in [0.2, 0.25) is 0 Å². The molecular weight excluding hydrogens is 590 g/mol. The second kappa shape index (κ2) is 13.1. The van der Waals surface area contributed by atoms with Gasteiger partial charge in [0.05, 0.1) is 27.1 Å². The monoisotopic (exact) mass is 610 g/mol. The van der Waals surface area contributed by atoms with E-state index in [1.807, 2.05) is 6.08 Å². The van der Waals surface area contributed by atoms with Gasteiger partial charge in [0.1, 0.15) is 0 Å². The highest BCUT2D eigenvalue weighted by atomic mass is 35.5. The first kappa shape index (κ1) is 29.7. The molecule has 1 aliphatic carbocycles. The summed E-state index contributed by atoms with van der Waals surface area (Å²) in [4.78, 5) is 0. The van der Waals surface area contributed by atoms with Crippen LogP contribution in [0, 0.1) is 5.41 Å². The van der Waals surface area contributed by atoms with E-state index in [1.54, 1.807) is 36.4 Å². The summed E-state index contributed by atoms with van der Waals surface area (Å²) < 4.78 is 0. The third-order valence-electron chi connectivity index (χ3n) is 4.67. The second-order valence-electron chi connectivity index (χ2n) is 8.31. The molecule has 0 unspecified atom stereocenters. The Morgan fingerprint density at radius 1 is 0.857 bits per heavy atom. The highest BCUT2D eigenvalue weighted by molar-refractivity contribution is 7.80. The molecule has 0 fully saturated rings. The van der Waals surface area contributed by atoms with Crippen LogP contribution in [0.25, 0.3) is 0 Å². The summed E-state index contributed by atoms with van der Waals surface area (Å²) in [7, 11) is 0. The molecule has 0 bridgehead atoms. The molecule has 2 aromatic carbocycles. The van der Waals surface area contributed by atoms with Gasteiger partial charge in [0.15, 0.2) is 10.2 Å². The zero-order valence-corrected chi connectivity index (χ0v) is 24.1. The van der Waals surface area contributed by atoms with E-state index in [2.05, 4.69) is 45.9 Å². The largest absolute Gasteiger partial charge is 0.330 e. The predicted molar refractivity (Wildman–Crippen MR) is 161 cm³/mol. The van der Waals surface area contributed by atoms with Gasteiger partial charge in [0.25, 0.3) is 0 Å². The molecule has 0 aromatic heterocycles. The van der Waals surface area contributed by atoms with Crippen LogP contribution in [0.4, 0.5) is 11.4 Å². The lowest BCUT2D eigenvalue weighted by Gasteiger charge is -2.31. The summed E-state index contributed by atoms with van der Waals surface area (Å²) in [6, 6.07) is 10.2. The van der Waals surface area contributed by atoms with E-state index in [9.17, 15) is 0 Å². The number of rotatable bonds is 5. The van der Waals surface area contributed by atoms with Crippen molar-refractivity contribution in [2.75, 3.05) is 10.6 Å². The van der Waals surface area contributed by atoms with Crippen molar-refractivity contribution in [2.24, 2.45) is 10.5 Å². The average molecular weight is 613 g/mol. The molecule has 35 heavy (non-hydrogen) atoms. The van der Waals surface area contributed by atoms with E-state index in [4.69, 9.17) is 70.8 Å². The molecular formula is C22H23Cl5N6S2. The number of nitrogens with zero attached hydrogens (tertiary/aromatic N) is 1. The lowest BCUT2D eigenvalue weighted by molar-refractivity contribution is 0.360. The van der Waals surface area contributed by atoms with Crippen LogP contribution in [0.5, 0.6) is 0 Å². The molecule has 2 aromatic rings. The minimum absolute atomic E-state index is 0. The molecule has 0 spiro atoms. The Labute approximate surface area is 241 Å². The maximum atomic E-state index is 6.19. The Morgan fingerprint density at radius 2 is 1.40 bits per heavy atom. The number of benzene rings is 2. The van der Waals surface area contributed by atoms with Crippen LogP contribution in [0.1, 0.15) is 26.7 Å². The zero-order valence-electron chi connectivity index (χ0n) is 18.6. The van der Waals surface area contributed by atoms with Crippen molar-refractivity contribution in [1.29, 1.82) is 0 Å². The minimum Gasteiger partial charge on any atom is -0.330 e. The van der Waals surface area contributed by atoms with E-state index in [0.29, 0.717) is 41.7 Å². The van der Waals surface area contributed by atoms with Crippen LogP contribution < -0.4 is 26.9 Å². The first-order valence-corrected chi connectivity index (χ1v) is 12.4.